The van der Waals surface area contributed by atoms with E-state index in [9.17, 15) is 27.9 Å². The summed E-state index contributed by atoms with van der Waals surface area (Å²) in [6.07, 6.45) is 2.30. The number of carboxylic acids is 1. The van der Waals surface area contributed by atoms with Crippen LogP contribution in [-0.2, 0) is 22.3 Å². The van der Waals surface area contributed by atoms with Crippen LogP contribution in [-0.4, -0.2) is 81.8 Å². The quantitative estimate of drug-likeness (QED) is 0.276. The number of ether oxygens (including phenoxy) is 2. The first-order valence-electron chi connectivity index (χ1n) is 15.9. The minimum Gasteiger partial charge on any atom is -0.487 e. The molecule has 0 spiro atoms. The Kier molecular flexibility index (Phi) is 9.94. The maximum atomic E-state index is 14.3. The van der Waals surface area contributed by atoms with Crippen LogP contribution in [0.3, 0.4) is 0 Å². The molecule has 3 aliphatic heterocycles. The van der Waals surface area contributed by atoms with Crippen molar-refractivity contribution in [1.29, 1.82) is 0 Å². The Balaban J connectivity index is 1.24. The number of aliphatic carboxylic acids is 1. The molecule has 6 rings (SSSR count). The number of amides is 1. The van der Waals surface area contributed by atoms with Crippen molar-refractivity contribution in [2.75, 3.05) is 43.1 Å². The van der Waals surface area contributed by atoms with Gasteiger partial charge in [-0.15, -0.1) is 0 Å². The number of likely N-dealkylation sites (tertiary alicyclic amines) is 1. The van der Waals surface area contributed by atoms with Gasteiger partial charge in [0.05, 0.1) is 42.8 Å². The Bertz CT molecular complexity index is 1570. The zero-order valence-corrected chi connectivity index (χ0v) is 26.8. The summed E-state index contributed by atoms with van der Waals surface area (Å²) in [6, 6.07) is 4.35. The average Bonchev–Trinajstić information content (AvgIpc) is 3.83. The first kappa shape index (κ1) is 33.1. The SMILES string of the molecule is CC[C@@H]1CCCN1Cc1sc(NC(=O)c2cnc(N3CCC(C(=O)O)CC3)cn2)nc1-c1ccc(O[C@H]2CCOC2)c(C(F)(F)F)c1. The van der Waals surface area contributed by atoms with E-state index in [0.29, 0.717) is 63.1 Å². The molecule has 47 heavy (non-hydrogen) atoms. The number of carbonyl (C=O) groups excluding carboxylic acids is 1. The molecule has 3 fully saturated rings. The van der Waals surface area contributed by atoms with E-state index in [2.05, 4.69) is 32.1 Å². The number of nitrogens with one attached hydrogen (secondary N) is 1. The maximum absolute atomic E-state index is 14.3. The van der Waals surface area contributed by atoms with E-state index < -0.39 is 29.7 Å². The molecule has 11 nitrogen and oxygen atoms in total. The van der Waals surface area contributed by atoms with E-state index >= 15 is 0 Å². The fourth-order valence-corrected chi connectivity index (χ4v) is 7.40. The zero-order valence-electron chi connectivity index (χ0n) is 26.0. The van der Waals surface area contributed by atoms with E-state index in [4.69, 9.17) is 9.47 Å². The number of anilines is 2. The van der Waals surface area contributed by atoms with Crippen LogP contribution in [0.15, 0.2) is 30.6 Å². The number of alkyl halides is 3. The molecule has 5 heterocycles. The molecule has 0 bridgehead atoms. The van der Waals surface area contributed by atoms with Gasteiger partial charge >= 0.3 is 12.1 Å². The second-order valence-corrected chi connectivity index (χ2v) is 13.2. The number of thiazole rings is 1. The molecule has 2 N–H and O–H groups in total. The van der Waals surface area contributed by atoms with Crippen LogP contribution in [0.25, 0.3) is 11.3 Å². The second-order valence-electron chi connectivity index (χ2n) is 12.1. The summed E-state index contributed by atoms with van der Waals surface area (Å²) < 4.78 is 53.8. The summed E-state index contributed by atoms with van der Waals surface area (Å²) in [5.41, 5.74) is -0.182. The molecule has 3 aliphatic rings. The number of carboxylic acid groups (broad SMARTS) is 1. The monoisotopic (exact) mass is 674 g/mol. The Hall–Kier alpha value is -3.82. The molecule has 252 valence electrons. The fourth-order valence-electron chi connectivity index (χ4n) is 6.39. The van der Waals surface area contributed by atoms with Crippen LogP contribution in [0.4, 0.5) is 24.1 Å². The van der Waals surface area contributed by atoms with Gasteiger partial charge in [0.25, 0.3) is 5.91 Å². The largest absolute Gasteiger partial charge is 0.487 e. The second kappa shape index (κ2) is 14.1. The van der Waals surface area contributed by atoms with Gasteiger partial charge in [-0.1, -0.05) is 18.3 Å². The number of aromatic nitrogens is 3. The van der Waals surface area contributed by atoms with E-state index in [1.165, 1.54) is 29.8 Å². The zero-order chi connectivity index (χ0) is 33.1. The van der Waals surface area contributed by atoms with E-state index in [-0.39, 0.29) is 34.7 Å². The number of benzene rings is 1. The minimum atomic E-state index is -4.66. The lowest BCUT2D eigenvalue weighted by molar-refractivity contribution is -0.142. The van der Waals surface area contributed by atoms with Gasteiger partial charge in [0.15, 0.2) is 5.13 Å². The molecule has 0 radical (unpaired) electrons. The fraction of sp³-hybridized carbons (Fsp3) is 0.531. The van der Waals surface area contributed by atoms with Crippen molar-refractivity contribution in [1.82, 2.24) is 19.9 Å². The number of hydrogen-bond donors (Lipinski definition) is 2. The predicted molar refractivity (Wildman–Crippen MR) is 169 cm³/mol. The molecular weight excluding hydrogens is 637 g/mol. The number of piperidine rings is 1. The first-order chi connectivity index (χ1) is 22.6. The summed E-state index contributed by atoms with van der Waals surface area (Å²) in [5, 5.41) is 12.3. The van der Waals surface area contributed by atoms with Crippen molar-refractivity contribution < 1.29 is 37.3 Å². The highest BCUT2D eigenvalue weighted by atomic mass is 32.1. The van der Waals surface area contributed by atoms with Gasteiger partial charge in [-0.05, 0) is 56.8 Å². The van der Waals surface area contributed by atoms with Gasteiger partial charge in [0, 0.05) is 42.5 Å². The lowest BCUT2D eigenvalue weighted by atomic mass is 9.97. The predicted octanol–water partition coefficient (Wildman–Crippen LogP) is 5.71. The van der Waals surface area contributed by atoms with Crippen molar-refractivity contribution in [3.8, 4) is 17.0 Å². The third kappa shape index (κ3) is 7.68. The molecule has 3 aromatic rings. The molecule has 1 amide bonds. The number of nitrogens with zero attached hydrogens (tertiary/aromatic N) is 5. The Morgan fingerprint density at radius 3 is 2.60 bits per heavy atom. The van der Waals surface area contributed by atoms with Gasteiger partial charge < -0.3 is 19.5 Å². The molecule has 0 aliphatic carbocycles. The summed E-state index contributed by atoms with van der Waals surface area (Å²) >= 11 is 1.23. The van der Waals surface area contributed by atoms with E-state index in [1.807, 2.05) is 4.90 Å². The van der Waals surface area contributed by atoms with Crippen molar-refractivity contribution in [2.24, 2.45) is 5.92 Å². The molecular formula is C32H37F3N6O5S. The molecule has 0 saturated carbocycles. The average molecular weight is 675 g/mol. The molecule has 15 heteroatoms. The minimum absolute atomic E-state index is 0.0508. The van der Waals surface area contributed by atoms with Gasteiger partial charge in [-0.25, -0.2) is 15.0 Å². The van der Waals surface area contributed by atoms with Gasteiger partial charge in [0.2, 0.25) is 0 Å². The highest BCUT2D eigenvalue weighted by Gasteiger charge is 2.36. The van der Waals surface area contributed by atoms with Crippen molar-refractivity contribution in [2.45, 2.75) is 70.3 Å². The van der Waals surface area contributed by atoms with Crippen LogP contribution in [0.1, 0.15) is 66.4 Å². The molecule has 2 aromatic heterocycles. The molecule has 0 unspecified atom stereocenters. The topological polar surface area (TPSA) is 130 Å². The Morgan fingerprint density at radius 1 is 1.13 bits per heavy atom. The molecule has 3 saturated heterocycles. The molecule has 1 aromatic carbocycles. The smallest absolute Gasteiger partial charge is 0.419 e. The van der Waals surface area contributed by atoms with E-state index in [0.717, 1.165) is 36.8 Å². The van der Waals surface area contributed by atoms with Crippen LogP contribution < -0.4 is 15.0 Å². The van der Waals surface area contributed by atoms with Crippen molar-refractivity contribution >= 4 is 34.2 Å². The Labute approximate surface area is 274 Å². The third-order valence-electron chi connectivity index (χ3n) is 9.01. The van der Waals surface area contributed by atoms with Crippen molar-refractivity contribution in [3.05, 3.63) is 46.7 Å². The normalized spacial score (nSPS) is 20.9. The molecule has 2 atom stereocenters. The Morgan fingerprint density at radius 2 is 1.94 bits per heavy atom. The number of halogens is 3. The standard InChI is InChI=1S/C32H37F3N6O5S/c1-2-21-4-3-10-41(21)17-26-28(20-5-6-25(23(14-20)32(33,34)35)46-22-9-13-45-18-22)38-31(47-26)39-29(42)24-15-37-27(16-36-24)40-11-7-19(8-12-40)30(43)44/h5-6,14-16,19,21-22H,2-4,7-13,17-18H2,1H3,(H,43,44)(H,38,39,42)/t21-,22+/m1/s1. The van der Waals surface area contributed by atoms with Crippen LogP contribution >= 0.6 is 11.3 Å². The number of rotatable bonds is 10. The lowest BCUT2D eigenvalue weighted by Gasteiger charge is -2.30. The van der Waals surface area contributed by atoms with Crippen LogP contribution in [0, 0.1) is 5.92 Å². The maximum Gasteiger partial charge on any atom is 0.419 e. The van der Waals surface area contributed by atoms with Gasteiger partial charge in [-0.2, -0.15) is 13.2 Å². The lowest BCUT2D eigenvalue weighted by Crippen LogP contribution is -2.36. The summed E-state index contributed by atoms with van der Waals surface area (Å²) in [7, 11) is 0. The third-order valence-corrected chi connectivity index (χ3v) is 9.97. The van der Waals surface area contributed by atoms with Gasteiger partial charge in [-0.3, -0.25) is 19.8 Å². The van der Waals surface area contributed by atoms with Crippen LogP contribution in [0.5, 0.6) is 5.75 Å². The highest BCUT2D eigenvalue weighted by Crippen LogP contribution is 2.42. The first-order valence-corrected chi connectivity index (χ1v) is 16.7. The van der Waals surface area contributed by atoms with Crippen molar-refractivity contribution in [3.63, 3.8) is 0 Å². The number of carbonyl (C=O) groups is 2. The summed E-state index contributed by atoms with van der Waals surface area (Å²) in [4.78, 5) is 42.7. The number of hydrogen-bond acceptors (Lipinski definition) is 10. The van der Waals surface area contributed by atoms with E-state index in [1.54, 1.807) is 6.07 Å². The highest BCUT2D eigenvalue weighted by molar-refractivity contribution is 7.16. The van der Waals surface area contributed by atoms with Gasteiger partial charge in [0.1, 0.15) is 23.4 Å². The summed E-state index contributed by atoms with van der Waals surface area (Å²) in [5.74, 6) is -1.43. The summed E-state index contributed by atoms with van der Waals surface area (Å²) in [6.45, 7) is 5.22. The van der Waals surface area contributed by atoms with Crippen LogP contribution in [0.2, 0.25) is 0 Å².